The predicted molar refractivity (Wildman–Crippen MR) is 219 cm³/mol. The van der Waals surface area contributed by atoms with Crippen LogP contribution < -0.4 is 14.2 Å². The number of allylic oxidation sites excluding steroid dienone is 1. The maximum Gasteiger partial charge on any atom is 0.334 e. The number of hydrogen-bond acceptors (Lipinski definition) is 10. The molecule has 0 bridgehead atoms. The zero-order valence-corrected chi connectivity index (χ0v) is 36.4. The fourth-order valence-electron chi connectivity index (χ4n) is 6.15. The van der Waals surface area contributed by atoms with E-state index in [2.05, 4.69) is 41.6 Å². The molecule has 0 aliphatic heterocycles. The summed E-state index contributed by atoms with van der Waals surface area (Å²) in [6.07, 6.45) is 1.87. The van der Waals surface area contributed by atoms with Crippen LogP contribution in [0.1, 0.15) is 79.9 Å². The minimum atomic E-state index is -1.21. The van der Waals surface area contributed by atoms with Gasteiger partial charge in [0.2, 0.25) is 0 Å². The lowest BCUT2D eigenvalue weighted by Crippen LogP contribution is -2.38. The van der Waals surface area contributed by atoms with Crippen LogP contribution in [0.15, 0.2) is 64.2 Å². The van der Waals surface area contributed by atoms with Gasteiger partial charge in [-0.05, 0) is 100 Å². The molecule has 55 heavy (non-hydrogen) atoms. The predicted octanol–water partition coefficient (Wildman–Crippen LogP) is 8.65. The smallest absolute Gasteiger partial charge is 0.334 e. The van der Waals surface area contributed by atoms with Gasteiger partial charge in [-0.15, -0.1) is 0 Å². The fraction of sp³-hybridized carbons (Fsp3) is 0.568. The van der Waals surface area contributed by atoms with Gasteiger partial charge in [0.05, 0.1) is 49.2 Å². The molecule has 11 heteroatoms. The van der Waals surface area contributed by atoms with Crippen molar-refractivity contribution in [1.29, 1.82) is 0 Å². The number of carbonyl (C=O) groups excluding carboxylic acids is 1. The van der Waals surface area contributed by atoms with Crippen LogP contribution in [0.3, 0.4) is 0 Å². The number of ether oxygens (including phenoxy) is 8. The molecule has 2 rings (SSSR count). The largest absolute Gasteiger partial charge is 0.492 e. The summed E-state index contributed by atoms with van der Waals surface area (Å²) < 4.78 is 48.3. The van der Waals surface area contributed by atoms with E-state index in [1.54, 1.807) is 28.1 Å². The van der Waals surface area contributed by atoms with Crippen molar-refractivity contribution in [3.63, 3.8) is 0 Å². The molecule has 0 heterocycles. The quantitative estimate of drug-likeness (QED) is 0.0384. The fourth-order valence-corrected chi connectivity index (χ4v) is 6.69. The van der Waals surface area contributed by atoms with Gasteiger partial charge in [-0.2, -0.15) is 0 Å². The van der Waals surface area contributed by atoms with Crippen LogP contribution in [0, 0.1) is 23.7 Å². The Bertz CT molecular complexity index is 1580. The lowest BCUT2D eigenvalue weighted by Gasteiger charge is -2.33. The summed E-state index contributed by atoms with van der Waals surface area (Å²) in [7, 11) is 4.87. The number of aliphatic hydroxyl groups is 1. The first kappa shape index (κ1) is 47.8. The highest BCUT2D eigenvalue weighted by Crippen LogP contribution is 2.45. The number of aliphatic hydroxyl groups excluding tert-OH is 1. The first-order valence-electron chi connectivity index (χ1n) is 18.9. The summed E-state index contributed by atoms with van der Waals surface area (Å²) in [6.45, 7) is 18.0. The summed E-state index contributed by atoms with van der Waals surface area (Å²) in [6, 6.07) is 11.9. The second-order valence-corrected chi connectivity index (χ2v) is 15.0. The Morgan fingerprint density at radius 2 is 1.62 bits per heavy atom. The average Bonchev–Trinajstić information content (AvgIpc) is 3.13. The molecule has 0 amide bonds. The Balaban J connectivity index is 2.50. The number of benzene rings is 2. The van der Waals surface area contributed by atoms with Gasteiger partial charge in [0.1, 0.15) is 24.8 Å². The standard InChI is InChI=1S/C44H63BrO10/c1-13-51-44(47)31(7)18-17-21-37(46)40(53-27-48-10)32(8)24-33(9)41(52-26-34-19-15-14-16-20-34)38(49-11)23-30(6)22-35-42(55-29(4)5)36(45)25-39(43(35)50-12)54-28(2)3/h14-16,18-20,24-25,28-30,33,37-38,40-41,46H,13,22-23,26-27H2,1-12H3/b31-18+,32-24+/t30-,33+,37+,38+,40+,41-/m1/s1. The third-order valence-electron chi connectivity index (χ3n) is 8.57. The van der Waals surface area contributed by atoms with E-state index >= 15 is 0 Å². The maximum absolute atomic E-state index is 12.0. The number of esters is 1. The maximum atomic E-state index is 12.0. The second kappa shape index (κ2) is 25.0. The Morgan fingerprint density at radius 3 is 2.20 bits per heavy atom. The molecule has 0 radical (unpaired) electrons. The minimum Gasteiger partial charge on any atom is -0.492 e. The van der Waals surface area contributed by atoms with Gasteiger partial charge < -0.3 is 43.0 Å². The van der Waals surface area contributed by atoms with Gasteiger partial charge in [0, 0.05) is 37.3 Å². The lowest BCUT2D eigenvalue weighted by atomic mass is 9.87. The van der Waals surface area contributed by atoms with E-state index in [-0.39, 0.29) is 49.7 Å². The highest BCUT2D eigenvalue weighted by Gasteiger charge is 2.32. The number of methoxy groups -OCH3 is 3. The highest BCUT2D eigenvalue weighted by molar-refractivity contribution is 9.10. The van der Waals surface area contributed by atoms with Gasteiger partial charge in [-0.25, -0.2) is 4.79 Å². The van der Waals surface area contributed by atoms with Gasteiger partial charge >= 0.3 is 5.97 Å². The molecule has 2 aromatic carbocycles. The molecule has 0 aromatic heterocycles. The number of halogens is 1. The normalized spacial score (nSPS) is 15.4. The third-order valence-corrected chi connectivity index (χ3v) is 9.16. The summed E-state index contributed by atoms with van der Waals surface area (Å²) in [5, 5.41) is 11.2. The van der Waals surface area contributed by atoms with Crippen molar-refractivity contribution in [3.8, 4) is 29.1 Å². The Labute approximate surface area is 338 Å². The van der Waals surface area contributed by atoms with E-state index in [0.717, 1.165) is 26.9 Å². The van der Waals surface area contributed by atoms with E-state index in [1.807, 2.05) is 77.1 Å². The first-order chi connectivity index (χ1) is 26.2. The number of carbonyl (C=O) groups is 1. The second-order valence-electron chi connectivity index (χ2n) is 14.2. The summed E-state index contributed by atoms with van der Waals surface area (Å²) in [5.74, 6) is 7.02. The minimum absolute atomic E-state index is 0.0497. The first-order valence-corrected chi connectivity index (χ1v) is 19.7. The van der Waals surface area contributed by atoms with Crippen molar-refractivity contribution in [2.24, 2.45) is 11.8 Å². The highest BCUT2D eigenvalue weighted by atomic mass is 79.9. The zero-order valence-electron chi connectivity index (χ0n) is 34.8. The van der Waals surface area contributed by atoms with Crippen LogP contribution in [0.4, 0.5) is 0 Å². The van der Waals surface area contributed by atoms with Crippen LogP contribution in [-0.2, 0) is 41.5 Å². The molecule has 1 N–H and O–H groups in total. The van der Waals surface area contributed by atoms with Crippen LogP contribution in [0.2, 0.25) is 0 Å². The topological polar surface area (TPSA) is 111 Å². The molecule has 0 saturated carbocycles. The lowest BCUT2D eigenvalue weighted by molar-refractivity contribution is -0.138. The SMILES string of the molecule is CCOC(=O)/C(C)=C/C#C[C@H](O)[C@@H](OCOC)/C(C)=C/[C@H](C)[C@@H](OCc1ccccc1)[C@H](C[C@H](C)Cc1c(OC(C)C)c(Br)cc(OC(C)C)c1OC)OC. The van der Waals surface area contributed by atoms with Crippen LogP contribution in [0.25, 0.3) is 0 Å². The van der Waals surface area contributed by atoms with Gasteiger partial charge in [-0.3, -0.25) is 0 Å². The van der Waals surface area contributed by atoms with Gasteiger partial charge in [0.15, 0.2) is 11.5 Å². The monoisotopic (exact) mass is 830 g/mol. The van der Waals surface area contributed by atoms with Crippen molar-refractivity contribution >= 4 is 21.9 Å². The summed E-state index contributed by atoms with van der Waals surface area (Å²) in [5.41, 5.74) is 3.02. The third kappa shape index (κ3) is 16.0. The molecule has 0 saturated heterocycles. The zero-order chi connectivity index (χ0) is 41.1. The molecule has 306 valence electrons. The van der Waals surface area contributed by atoms with Gasteiger partial charge in [-0.1, -0.05) is 62.1 Å². The van der Waals surface area contributed by atoms with Crippen molar-refractivity contribution in [2.45, 2.75) is 118 Å². The number of hydrogen-bond donors (Lipinski definition) is 1. The van der Waals surface area contributed by atoms with E-state index in [0.29, 0.717) is 36.5 Å². The summed E-state index contributed by atoms with van der Waals surface area (Å²) >= 11 is 3.73. The number of rotatable bonds is 23. The van der Waals surface area contributed by atoms with Gasteiger partial charge in [0.25, 0.3) is 0 Å². The van der Waals surface area contributed by atoms with E-state index in [1.165, 1.54) is 13.2 Å². The van der Waals surface area contributed by atoms with E-state index in [4.69, 9.17) is 37.9 Å². The van der Waals surface area contributed by atoms with Crippen LogP contribution in [-0.4, -0.2) is 82.4 Å². The van der Waals surface area contributed by atoms with E-state index < -0.39 is 18.2 Å². The van der Waals surface area contributed by atoms with E-state index in [9.17, 15) is 9.90 Å². The van der Waals surface area contributed by atoms with Crippen LogP contribution in [0.5, 0.6) is 17.2 Å². The molecular weight excluding hydrogens is 768 g/mol. The molecule has 0 spiro atoms. The van der Waals surface area contributed by atoms with Crippen molar-refractivity contribution in [3.05, 3.63) is 75.3 Å². The molecule has 10 nitrogen and oxygen atoms in total. The molecule has 2 aromatic rings. The average molecular weight is 832 g/mol. The Kier molecular flexibility index (Phi) is 21.7. The molecule has 0 fully saturated rings. The van der Waals surface area contributed by atoms with Crippen LogP contribution >= 0.6 is 15.9 Å². The Hall–Kier alpha value is -3.37. The van der Waals surface area contributed by atoms with Crippen molar-refractivity contribution in [1.82, 2.24) is 0 Å². The molecule has 0 aliphatic carbocycles. The molecule has 6 atom stereocenters. The molecule has 0 unspecified atom stereocenters. The molecule has 0 aliphatic rings. The van der Waals surface area contributed by atoms with Crippen molar-refractivity contribution < 1.29 is 47.8 Å². The Morgan fingerprint density at radius 1 is 0.945 bits per heavy atom. The molecular formula is C44H63BrO10. The summed E-state index contributed by atoms with van der Waals surface area (Å²) in [4.78, 5) is 12.0. The van der Waals surface area contributed by atoms with Crippen molar-refractivity contribution in [2.75, 3.05) is 34.7 Å².